The predicted octanol–water partition coefficient (Wildman–Crippen LogP) is 1.35. The summed E-state index contributed by atoms with van der Waals surface area (Å²) in [7, 11) is 1.61. The molecule has 1 aromatic heterocycles. The number of carbonyl (C=O) groups excluding carboxylic acids is 1. The van der Waals surface area contributed by atoms with Crippen molar-refractivity contribution in [3.63, 3.8) is 0 Å². The number of hydrogen-bond acceptors (Lipinski definition) is 4. The Morgan fingerprint density at radius 3 is 2.67 bits per heavy atom. The molecule has 1 rings (SSSR count). The highest BCUT2D eigenvalue weighted by Crippen LogP contribution is 2.13. The van der Waals surface area contributed by atoms with E-state index in [1.165, 1.54) is 12.1 Å². The molecule has 1 heterocycles. The number of aryl methyl sites for hydroxylation is 1. The number of ether oxygens (including phenoxy) is 1. The zero-order valence-corrected chi connectivity index (χ0v) is 11.2. The van der Waals surface area contributed by atoms with Crippen LogP contribution in [0.2, 0.25) is 0 Å². The number of methoxy groups -OCH3 is 1. The Morgan fingerprint density at radius 1 is 1.44 bits per heavy atom. The molecule has 5 nitrogen and oxygen atoms in total. The van der Waals surface area contributed by atoms with Gasteiger partial charge in [0.25, 0.3) is 5.91 Å². The normalized spacial score (nSPS) is 11.3. The third-order valence-corrected chi connectivity index (χ3v) is 2.38. The van der Waals surface area contributed by atoms with Crippen molar-refractivity contribution < 1.29 is 13.9 Å². The standard InChI is InChI=1S/C13H19NO4/c1-9-5-10(15)6-11(18-9)12(16)14-7-13(2,3)8-17-4/h5-6H,7-8H2,1-4H3,(H,14,16). The quantitative estimate of drug-likeness (QED) is 0.860. The molecule has 0 aliphatic carbocycles. The molecule has 1 amide bonds. The fraction of sp³-hybridized carbons (Fsp3) is 0.538. The molecule has 0 atom stereocenters. The molecule has 0 aliphatic heterocycles. The molecule has 0 fully saturated rings. The van der Waals surface area contributed by atoms with E-state index < -0.39 is 0 Å². The molecule has 0 radical (unpaired) electrons. The van der Waals surface area contributed by atoms with Crippen LogP contribution in [0.15, 0.2) is 21.3 Å². The number of carbonyl (C=O) groups is 1. The van der Waals surface area contributed by atoms with Crippen molar-refractivity contribution >= 4 is 5.91 Å². The molecule has 0 saturated carbocycles. The van der Waals surface area contributed by atoms with Crippen molar-refractivity contribution in [2.45, 2.75) is 20.8 Å². The molecular weight excluding hydrogens is 234 g/mol. The molecule has 1 N–H and O–H groups in total. The smallest absolute Gasteiger partial charge is 0.287 e. The molecule has 0 unspecified atom stereocenters. The van der Waals surface area contributed by atoms with E-state index in [1.54, 1.807) is 14.0 Å². The fourth-order valence-corrected chi connectivity index (χ4v) is 1.56. The predicted molar refractivity (Wildman–Crippen MR) is 67.7 cm³/mol. The first kappa shape index (κ1) is 14.4. The van der Waals surface area contributed by atoms with Crippen LogP contribution in [0, 0.1) is 12.3 Å². The number of rotatable bonds is 5. The Balaban J connectivity index is 2.69. The first-order valence-corrected chi connectivity index (χ1v) is 5.73. The second-order valence-electron chi connectivity index (χ2n) is 5.05. The SMILES string of the molecule is COCC(C)(C)CNC(=O)c1cc(=O)cc(C)o1. The van der Waals surface area contributed by atoms with Crippen molar-refractivity contribution in [2.24, 2.45) is 5.41 Å². The summed E-state index contributed by atoms with van der Waals surface area (Å²) in [5.74, 6) is 0.0667. The molecule has 0 bridgehead atoms. The molecule has 0 aromatic carbocycles. The van der Waals surface area contributed by atoms with Gasteiger partial charge in [0.1, 0.15) is 5.76 Å². The summed E-state index contributed by atoms with van der Waals surface area (Å²) < 4.78 is 10.3. The first-order chi connectivity index (χ1) is 8.34. The van der Waals surface area contributed by atoms with E-state index in [1.807, 2.05) is 13.8 Å². The van der Waals surface area contributed by atoms with Gasteiger partial charge in [-0.25, -0.2) is 0 Å². The van der Waals surface area contributed by atoms with Crippen molar-refractivity contribution in [3.05, 3.63) is 33.9 Å². The first-order valence-electron chi connectivity index (χ1n) is 5.73. The Kier molecular flexibility index (Phi) is 4.67. The van der Waals surface area contributed by atoms with Crippen LogP contribution in [0.1, 0.15) is 30.2 Å². The van der Waals surface area contributed by atoms with Crippen molar-refractivity contribution in [1.29, 1.82) is 0 Å². The maximum absolute atomic E-state index is 11.8. The number of hydrogen-bond donors (Lipinski definition) is 1. The highest BCUT2D eigenvalue weighted by atomic mass is 16.5. The van der Waals surface area contributed by atoms with Crippen LogP contribution in [0.3, 0.4) is 0 Å². The molecule has 5 heteroatoms. The lowest BCUT2D eigenvalue weighted by Crippen LogP contribution is -2.36. The van der Waals surface area contributed by atoms with Crippen LogP contribution in [0.4, 0.5) is 0 Å². The van der Waals surface area contributed by atoms with Gasteiger partial charge in [-0.05, 0) is 6.92 Å². The van der Waals surface area contributed by atoms with E-state index in [0.717, 1.165) is 0 Å². The van der Waals surface area contributed by atoms with Crippen LogP contribution in [-0.4, -0.2) is 26.2 Å². The van der Waals surface area contributed by atoms with Gasteiger partial charge in [-0.1, -0.05) is 13.8 Å². The van der Waals surface area contributed by atoms with Gasteiger partial charge in [-0.2, -0.15) is 0 Å². The molecule has 0 spiro atoms. The lowest BCUT2D eigenvalue weighted by atomic mass is 9.95. The highest BCUT2D eigenvalue weighted by Gasteiger charge is 2.20. The second-order valence-corrected chi connectivity index (χ2v) is 5.05. The Morgan fingerprint density at radius 2 is 2.11 bits per heavy atom. The van der Waals surface area contributed by atoms with Crippen molar-refractivity contribution in [2.75, 3.05) is 20.3 Å². The lowest BCUT2D eigenvalue weighted by Gasteiger charge is -2.23. The van der Waals surface area contributed by atoms with Gasteiger partial charge in [-0.3, -0.25) is 9.59 Å². The molecule has 18 heavy (non-hydrogen) atoms. The van der Waals surface area contributed by atoms with Crippen LogP contribution in [-0.2, 0) is 4.74 Å². The van der Waals surface area contributed by atoms with Gasteiger partial charge in [-0.15, -0.1) is 0 Å². The van der Waals surface area contributed by atoms with Crippen molar-refractivity contribution in [1.82, 2.24) is 5.32 Å². The van der Waals surface area contributed by atoms with Gasteiger partial charge >= 0.3 is 0 Å². The molecule has 0 aliphatic rings. The van der Waals surface area contributed by atoms with Gasteiger partial charge in [0.15, 0.2) is 11.2 Å². The zero-order chi connectivity index (χ0) is 13.8. The fourth-order valence-electron chi connectivity index (χ4n) is 1.56. The minimum atomic E-state index is -0.389. The van der Waals surface area contributed by atoms with E-state index in [-0.39, 0.29) is 22.5 Å². The van der Waals surface area contributed by atoms with Crippen LogP contribution in [0.5, 0.6) is 0 Å². The van der Waals surface area contributed by atoms with E-state index in [9.17, 15) is 9.59 Å². The van der Waals surface area contributed by atoms with Gasteiger partial charge < -0.3 is 14.5 Å². The Bertz CT molecular complexity index is 476. The monoisotopic (exact) mass is 253 g/mol. The van der Waals surface area contributed by atoms with Crippen LogP contribution in [0.25, 0.3) is 0 Å². The molecule has 0 saturated heterocycles. The summed E-state index contributed by atoms with van der Waals surface area (Å²) >= 11 is 0. The van der Waals surface area contributed by atoms with Gasteiger partial charge in [0, 0.05) is 31.2 Å². The maximum atomic E-state index is 11.8. The summed E-state index contributed by atoms with van der Waals surface area (Å²) in [6.07, 6.45) is 0. The Hall–Kier alpha value is -1.62. The summed E-state index contributed by atoms with van der Waals surface area (Å²) in [5.41, 5.74) is -0.408. The van der Waals surface area contributed by atoms with Crippen LogP contribution >= 0.6 is 0 Å². The van der Waals surface area contributed by atoms with Crippen LogP contribution < -0.4 is 10.7 Å². The van der Waals surface area contributed by atoms with Gasteiger partial charge in [0.2, 0.25) is 0 Å². The minimum absolute atomic E-state index is 0.0354. The van der Waals surface area contributed by atoms with E-state index in [2.05, 4.69) is 5.32 Å². The average Bonchev–Trinajstić information content (AvgIpc) is 2.24. The highest BCUT2D eigenvalue weighted by molar-refractivity contribution is 5.91. The van der Waals surface area contributed by atoms with Crippen molar-refractivity contribution in [3.8, 4) is 0 Å². The lowest BCUT2D eigenvalue weighted by molar-refractivity contribution is 0.0822. The minimum Gasteiger partial charge on any atom is -0.456 e. The maximum Gasteiger partial charge on any atom is 0.287 e. The summed E-state index contributed by atoms with van der Waals surface area (Å²) in [6, 6.07) is 2.53. The Labute approximate surface area is 106 Å². The third kappa shape index (κ3) is 4.33. The second kappa shape index (κ2) is 5.82. The van der Waals surface area contributed by atoms with Gasteiger partial charge in [0.05, 0.1) is 6.61 Å². The summed E-state index contributed by atoms with van der Waals surface area (Å²) in [4.78, 5) is 23.1. The summed E-state index contributed by atoms with van der Waals surface area (Å²) in [5, 5.41) is 2.73. The molecule has 100 valence electrons. The largest absolute Gasteiger partial charge is 0.456 e. The van der Waals surface area contributed by atoms with E-state index in [0.29, 0.717) is 18.9 Å². The number of nitrogens with one attached hydrogen (secondary N) is 1. The average molecular weight is 253 g/mol. The zero-order valence-electron chi connectivity index (χ0n) is 11.2. The summed E-state index contributed by atoms with van der Waals surface area (Å²) in [6.45, 7) is 6.56. The number of amides is 1. The molecule has 1 aromatic rings. The van der Waals surface area contributed by atoms with E-state index >= 15 is 0 Å². The van der Waals surface area contributed by atoms with E-state index in [4.69, 9.17) is 9.15 Å². The topological polar surface area (TPSA) is 68.5 Å². The molecular formula is C13H19NO4. The third-order valence-electron chi connectivity index (χ3n) is 2.38.